The zero-order valence-corrected chi connectivity index (χ0v) is 21.6. The Labute approximate surface area is 229 Å². The summed E-state index contributed by atoms with van der Waals surface area (Å²) in [6, 6.07) is 16.0. The molecule has 1 saturated heterocycles. The SMILES string of the molecule is C.COc1ccc2c(c1)CCN(C1CCN(c3cc(C(=O)N4CCc5ccccc5C4)ncn3)CC1)C(=O)N2. The van der Waals surface area contributed by atoms with E-state index in [0.717, 1.165) is 61.6 Å². The average molecular weight is 529 g/mol. The van der Waals surface area contributed by atoms with Crippen molar-refractivity contribution in [2.24, 2.45) is 0 Å². The van der Waals surface area contributed by atoms with Gasteiger partial charge in [0, 0.05) is 50.5 Å². The number of carbonyl (C=O) groups is 2. The lowest BCUT2D eigenvalue weighted by Gasteiger charge is -2.38. The van der Waals surface area contributed by atoms with Crippen LogP contribution in [0.3, 0.4) is 0 Å². The number of nitrogens with zero attached hydrogens (tertiary/aromatic N) is 5. The number of nitrogens with one attached hydrogen (secondary N) is 1. The van der Waals surface area contributed by atoms with E-state index in [2.05, 4.69) is 32.3 Å². The fourth-order valence-corrected chi connectivity index (χ4v) is 5.78. The van der Waals surface area contributed by atoms with E-state index in [1.165, 1.54) is 17.5 Å². The van der Waals surface area contributed by atoms with Gasteiger partial charge in [-0.15, -0.1) is 0 Å². The summed E-state index contributed by atoms with van der Waals surface area (Å²) < 4.78 is 5.35. The van der Waals surface area contributed by atoms with Crippen molar-refractivity contribution in [2.45, 2.75) is 45.7 Å². The number of carbonyl (C=O) groups excluding carboxylic acids is 2. The molecule has 0 aliphatic carbocycles. The van der Waals surface area contributed by atoms with Crippen molar-refractivity contribution in [1.82, 2.24) is 19.8 Å². The van der Waals surface area contributed by atoms with Crippen LogP contribution >= 0.6 is 0 Å². The third-order valence-corrected chi connectivity index (χ3v) is 7.96. The first-order valence-electron chi connectivity index (χ1n) is 13.3. The Hall–Kier alpha value is -4.14. The molecule has 204 valence electrons. The number of methoxy groups -OCH3 is 1. The van der Waals surface area contributed by atoms with Crippen molar-refractivity contribution < 1.29 is 14.3 Å². The van der Waals surface area contributed by atoms with Crippen LogP contribution in [0, 0.1) is 0 Å². The lowest BCUT2D eigenvalue weighted by molar-refractivity contribution is 0.0728. The van der Waals surface area contributed by atoms with Crippen LogP contribution in [-0.2, 0) is 19.4 Å². The minimum atomic E-state index is -0.0597. The smallest absolute Gasteiger partial charge is 0.322 e. The van der Waals surface area contributed by atoms with Crippen LogP contribution in [0.25, 0.3) is 0 Å². The summed E-state index contributed by atoms with van der Waals surface area (Å²) >= 11 is 0. The number of amides is 3. The van der Waals surface area contributed by atoms with Gasteiger partial charge in [-0.05, 0) is 60.6 Å². The maximum atomic E-state index is 13.3. The van der Waals surface area contributed by atoms with E-state index in [0.29, 0.717) is 25.3 Å². The van der Waals surface area contributed by atoms with Gasteiger partial charge in [-0.1, -0.05) is 31.7 Å². The van der Waals surface area contributed by atoms with E-state index in [1.54, 1.807) is 7.11 Å². The largest absolute Gasteiger partial charge is 0.497 e. The molecule has 0 spiro atoms. The van der Waals surface area contributed by atoms with Crippen molar-refractivity contribution in [3.63, 3.8) is 0 Å². The van der Waals surface area contributed by atoms with Gasteiger partial charge in [0.2, 0.25) is 0 Å². The summed E-state index contributed by atoms with van der Waals surface area (Å²) in [6.45, 7) is 3.49. The first-order chi connectivity index (χ1) is 18.6. The van der Waals surface area contributed by atoms with Gasteiger partial charge in [0.15, 0.2) is 0 Å². The Bertz CT molecular complexity index is 1350. The Morgan fingerprint density at radius 2 is 1.72 bits per heavy atom. The molecule has 3 aromatic rings. The zero-order chi connectivity index (χ0) is 26.1. The van der Waals surface area contributed by atoms with Crippen LogP contribution < -0.4 is 15.0 Å². The molecule has 0 saturated carbocycles. The molecule has 4 heterocycles. The maximum absolute atomic E-state index is 13.3. The van der Waals surface area contributed by atoms with Crippen molar-refractivity contribution in [3.05, 3.63) is 77.2 Å². The topological polar surface area (TPSA) is 90.9 Å². The normalized spacial score (nSPS) is 17.4. The highest BCUT2D eigenvalue weighted by Gasteiger charge is 2.31. The molecule has 3 aliphatic rings. The summed E-state index contributed by atoms with van der Waals surface area (Å²) in [5.41, 5.74) is 4.88. The van der Waals surface area contributed by atoms with Crippen molar-refractivity contribution in [2.75, 3.05) is 43.5 Å². The molecular weight excluding hydrogens is 492 g/mol. The molecular formula is C30H36N6O3. The van der Waals surface area contributed by atoms with Gasteiger partial charge in [0.1, 0.15) is 23.6 Å². The Kier molecular flexibility index (Phi) is 7.67. The third-order valence-electron chi connectivity index (χ3n) is 7.96. The molecule has 0 radical (unpaired) electrons. The number of rotatable bonds is 4. The predicted octanol–water partition coefficient (Wildman–Crippen LogP) is 4.38. The molecule has 39 heavy (non-hydrogen) atoms. The number of urea groups is 1. The fourth-order valence-electron chi connectivity index (χ4n) is 5.78. The molecule has 6 rings (SSSR count). The van der Waals surface area contributed by atoms with Crippen LogP contribution in [0.4, 0.5) is 16.3 Å². The summed E-state index contributed by atoms with van der Waals surface area (Å²) in [5.74, 6) is 1.50. The summed E-state index contributed by atoms with van der Waals surface area (Å²) in [7, 11) is 1.65. The van der Waals surface area contributed by atoms with Crippen LogP contribution in [0.5, 0.6) is 5.75 Å². The van der Waals surface area contributed by atoms with Crippen LogP contribution in [0.15, 0.2) is 54.9 Å². The minimum absolute atomic E-state index is 0. The average Bonchev–Trinajstić information content (AvgIpc) is 3.14. The highest BCUT2D eigenvalue weighted by Crippen LogP contribution is 2.29. The van der Waals surface area contributed by atoms with Gasteiger partial charge in [-0.25, -0.2) is 14.8 Å². The molecule has 3 aliphatic heterocycles. The second-order valence-electron chi connectivity index (χ2n) is 10.1. The predicted molar refractivity (Wildman–Crippen MR) is 151 cm³/mol. The Balaban J connectivity index is 0.00000308. The zero-order valence-electron chi connectivity index (χ0n) is 21.6. The summed E-state index contributed by atoms with van der Waals surface area (Å²) in [6.07, 6.45) is 4.80. The van der Waals surface area contributed by atoms with E-state index >= 15 is 0 Å². The van der Waals surface area contributed by atoms with Crippen LogP contribution in [0.2, 0.25) is 0 Å². The molecule has 1 N–H and O–H groups in total. The molecule has 3 amide bonds. The van der Waals surface area contributed by atoms with Gasteiger partial charge >= 0.3 is 6.03 Å². The summed E-state index contributed by atoms with van der Waals surface area (Å²) in [5, 5.41) is 3.08. The van der Waals surface area contributed by atoms with Crippen LogP contribution in [0.1, 0.15) is 47.4 Å². The quantitative estimate of drug-likeness (QED) is 0.541. The van der Waals surface area contributed by atoms with Crippen molar-refractivity contribution in [3.8, 4) is 5.75 Å². The number of aromatic nitrogens is 2. The molecule has 0 unspecified atom stereocenters. The number of fused-ring (bicyclic) bond motifs is 2. The number of hydrogen-bond donors (Lipinski definition) is 1. The first kappa shape index (κ1) is 26.5. The highest BCUT2D eigenvalue weighted by molar-refractivity contribution is 5.93. The molecule has 0 bridgehead atoms. The van der Waals surface area contributed by atoms with Crippen molar-refractivity contribution in [1.29, 1.82) is 0 Å². The molecule has 0 atom stereocenters. The molecule has 1 aromatic heterocycles. The van der Waals surface area contributed by atoms with Gasteiger partial charge in [-0.2, -0.15) is 0 Å². The van der Waals surface area contributed by atoms with Gasteiger partial charge < -0.3 is 24.8 Å². The van der Waals surface area contributed by atoms with E-state index in [4.69, 9.17) is 4.74 Å². The van der Waals surface area contributed by atoms with E-state index < -0.39 is 0 Å². The molecule has 2 aromatic carbocycles. The second-order valence-corrected chi connectivity index (χ2v) is 10.1. The van der Waals surface area contributed by atoms with Gasteiger partial charge in [0.05, 0.1) is 7.11 Å². The number of ether oxygens (including phenoxy) is 1. The first-order valence-corrected chi connectivity index (χ1v) is 13.3. The van der Waals surface area contributed by atoms with Gasteiger partial charge in [-0.3, -0.25) is 4.79 Å². The van der Waals surface area contributed by atoms with Gasteiger partial charge in [0.25, 0.3) is 5.91 Å². The highest BCUT2D eigenvalue weighted by atomic mass is 16.5. The number of benzene rings is 2. The maximum Gasteiger partial charge on any atom is 0.322 e. The molecule has 9 heteroatoms. The van der Waals surface area contributed by atoms with E-state index in [1.807, 2.05) is 46.2 Å². The number of piperidine rings is 1. The van der Waals surface area contributed by atoms with Crippen molar-refractivity contribution >= 4 is 23.4 Å². The Morgan fingerprint density at radius 3 is 2.51 bits per heavy atom. The fraction of sp³-hybridized carbons (Fsp3) is 0.400. The standard InChI is InChI=1S/C29H32N6O3.CH4/c1-38-24-6-7-25-21(16-24)9-15-35(29(37)32-25)23-10-13-33(14-11-23)27-17-26(30-19-31-27)28(36)34-12-8-20-4-2-3-5-22(20)18-34;/h2-7,16-17,19,23H,8-15,18H2,1H3,(H,32,37);1H4. The van der Waals surface area contributed by atoms with E-state index in [9.17, 15) is 9.59 Å². The molecule has 9 nitrogen and oxygen atoms in total. The third kappa shape index (κ3) is 5.39. The molecule has 1 fully saturated rings. The van der Waals surface area contributed by atoms with Crippen LogP contribution in [-0.4, -0.2) is 71.0 Å². The number of anilines is 2. The second kappa shape index (κ2) is 11.3. The lowest BCUT2D eigenvalue weighted by atomic mass is 10.00. The monoisotopic (exact) mass is 528 g/mol. The Morgan fingerprint density at radius 1 is 0.949 bits per heavy atom. The number of hydrogen-bond acceptors (Lipinski definition) is 6. The van der Waals surface area contributed by atoms with E-state index in [-0.39, 0.29) is 25.4 Å². The lowest BCUT2D eigenvalue weighted by Crippen LogP contribution is -2.49. The summed E-state index contributed by atoms with van der Waals surface area (Å²) in [4.78, 5) is 41.1. The minimum Gasteiger partial charge on any atom is -0.497 e.